The molecule has 102 valence electrons. The Morgan fingerprint density at radius 3 is 3.00 bits per heavy atom. The molecule has 0 saturated carbocycles. The van der Waals surface area contributed by atoms with E-state index in [1.54, 1.807) is 0 Å². The summed E-state index contributed by atoms with van der Waals surface area (Å²) in [4.78, 5) is 20.8. The molecule has 0 bridgehead atoms. The van der Waals surface area contributed by atoms with Crippen molar-refractivity contribution in [3.05, 3.63) is 29.6 Å². The third kappa shape index (κ3) is 2.71. The number of nitrogens with zero attached hydrogens (tertiary/aromatic N) is 2. The molecule has 1 amide bonds. The fourth-order valence-corrected chi connectivity index (χ4v) is 2.74. The van der Waals surface area contributed by atoms with Crippen molar-refractivity contribution < 1.29 is 19.1 Å². The molecule has 19 heavy (non-hydrogen) atoms. The van der Waals surface area contributed by atoms with Crippen LogP contribution in [0.3, 0.4) is 0 Å². The summed E-state index contributed by atoms with van der Waals surface area (Å²) in [5, 5.41) is 11.1. The first-order valence-corrected chi connectivity index (χ1v) is 6.53. The van der Waals surface area contributed by atoms with Crippen LogP contribution in [0.15, 0.2) is 23.2 Å². The Balaban J connectivity index is 2.27. The number of carbonyl (C=O) groups excluding carboxylic acids is 1. The first-order valence-electron chi connectivity index (χ1n) is 5.54. The Hall–Kier alpha value is -1.60. The molecule has 0 radical (unpaired) electrons. The van der Waals surface area contributed by atoms with Crippen LogP contribution in [-0.2, 0) is 9.63 Å². The van der Waals surface area contributed by atoms with Gasteiger partial charge < -0.3 is 5.11 Å². The van der Waals surface area contributed by atoms with Gasteiger partial charge in [0.05, 0.1) is 12.7 Å². The van der Waals surface area contributed by atoms with Crippen molar-refractivity contribution in [1.82, 2.24) is 5.06 Å². The largest absolute Gasteiger partial charge is 0.507 e. The first kappa shape index (κ1) is 13.8. The van der Waals surface area contributed by atoms with Crippen molar-refractivity contribution in [3.8, 4) is 5.75 Å². The zero-order valence-corrected chi connectivity index (χ0v) is 11.3. The smallest absolute Gasteiger partial charge is 0.271 e. The number of phenols is 1. The molecule has 1 aliphatic heterocycles. The van der Waals surface area contributed by atoms with E-state index in [-0.39, 0.29) is 17.2 Å². The Morgan fingerprint density at radius 2 is 2.37 bits per heavy atom. The summed E-state index contributed by atoms with van der Waals surface area (Å²) in [6, 6.07) is 3.42. The number of hydroxylamine groups is 2. The molecule has 1 N–H and O–H groups in total. The summed E-state index contributed by atoms with van der Waals surface area (Å²) < 4.78 is 13.7. The minimum absolute atomic E-state index is 0.0443. The van der Waals surface area contributed by atoms with E-state index in [1.807, 2.05) is 0 Å². The van der Waals surface area contributed by atoms with Crippen molar-refractivity contribution in [1.29, 1.82) is 0 Å². The number of benzene rings is 1. The molecule has 0 aliphatic carbocycles. The van der Waals surface area contributed by atoms with Crippen molar-refractivity contribution in [2.75, 3.05) is 19.9 Å². The van der Waals surface area contributed by atoms with Gasteiger partial charge in [-0.2, -0.15) is 0 Å². The van der Waals surface area contributed by atoms with Gasteiger partial charge in [0.1, 0.15) is 22.7 Å². The van der Waals surface area contributed by atoms with Gasteiger partial charge in [-0.15, -0.1) is 11.8 Å². The van der Waals surface area contributed by atoms with Gasteiger partial charge in [0.2, 0.25) is 0 Å². The maximum atomic E-state index is 13.7. The molecule has 0 unspecified atom stereocenters. The molecule has 1 atom stereocenters. The van der Waals surface area contributed by atoms with Crippen molar-refractivity contribution >= 4 is 22.7 Å². The lowest BCUT2D eigenvalue weighted by molar-refractivity contribution is -0.169. The third-order valence-corrected chi connectivity index (χ3v) is 3.79. The molecule has 0 fully saturated rings. The quantitative estimate of drug-likeness (QED) is 0.853. The zero-order chi connectivity index (χ0) is 14.0. The highest BCUT2D eigenvalue weighted by atomic mass is 32.2. The molecule has 1 aromatic rings. The van der Waals surface area contributed by atoms with E-state index in [2.05, 4.69) is 4.99 Å². The number of rotatable bonds is 3. The van der Waals surface area contributed by atoms with Crippen molar-refractivity contribution in [3.63, 3.8) is 0 Å². The van der Waals surface area contributed by atoms with E-state index in [9.17, 15) is 14.3 Å². The van der Waals surface area contributed by atoms with Gasteiger partial charge >= 0.3 is 0 Å². The highest BCUT2D eigenvalue weighted by Crippen LogP contribution is 2.30. The average Bonchev–Trinajstić information content (AvgIpc) is 2.86. The Labute approximate surface area is 114 Å². The second kappa shape index (κ2) is 5.58. The number of carbonyl (C=O) groups is 1. The Morgan fingerprint density at radius 1 is 1.63 bits per heavy atom. The molecule has 1 aromatic carbocycles. The van der Waals surface area contributed by atoms with Crippen molar-refractivity contribution in [2.24, 2.45) is 4.99 Å². The summed E-state index contributed by atoms with van der Waals surface area (Å²) in [5.74, 6) is -0.643. The van der Waals surface area contributed by atoms with Gasteiger partial charge in [-0.1, -0.05) is 6.07 Å². The maximum Gasteiger partial charge on any atom is 0.271 e. The van der Waals surface area contributed by atoms with Crippen LogP contribution in [0.5, 0.6) is 5.75 Å². The number of hydrogen-bond donors (Lipinski definition) is 1. The highest BCUT2D eigenvalue weighted by Gasteiger charge is 2.30. The summed E-state index contributed by atoms with van der Waals surface area (Å²) in [6.07, 6.45) is 0. The zero-order valence-electron chi connectivity index (χ0n) is 10.5. The first-order chi connectivity index (χ1) is 9.04. The topological polar surface area (TPSA) is 62.1 Å². The molecule has 5 nitrogen and oxygen atoms in total. The van der Waals surface area contributed by atoms with Crippen LogP contribution < -0.4 is 0 Å². The second-order valence-corrected chi connectivity index (χ2v) is 4.92. The van der Waals surface area contributed by atoms with Crippen LogP contribution in [0.1, 0.15) is 5.56 Å². The molecule has 0 spiro atoms. The number of likely N-dealkylation sites (N-methyl/N-ethyl adjacent to an activating group) is 1. The molecular weight excluding hydrogens is 271 g/mol. The van der Waals surface area contributed by atoms with Crippen LogP contribution in [0.2, 0.25) is 0 Å². The number of halogens is 1. The molecule has 1 heterocycles. The number of aromatic hydroxyl groups is 1. The normalized spacial score (nSPS) is 18.3. The summed E-state index contributed by atoms with van der Waals surface area (Å²) in [6.45, 7) is 0. The van der Waals surface area contributed by atoms with Crippen LogP contribution >= 0.6 is 11.8 Å². The van der Waals surface area contributed by atoms with E-state index in [0.717, 1.165) is 5.06 Å². The molecule has 7 heteroatoms. The van der Waals surface area contributed by atoms with Crippen LogP contribution in [0.25, 0.3) is 0 Å². The van der Waals surface area contributed by atoms with Crippen molar-refractivity contribution in [2.45, 2.75) is 6.04 Å². The van der Waals surface area contributed by atoms with Crippen LogP contribution in [-0.4, -0.2) is 47.1 Å². The van der Waals surface area contributed by atoms with Gasteiger partial charge in [-0.3, -0.25) is 14.6 Å². The number of thioether (sulfide) groups is 1. The monoisotopic (exact) mass is 284 g/mol. The van der Waals surface area contributed by atoms with E-state index in [0.29, 0.717) is 10.8 Å². The van der Waals surface area contributed by atoms with E-state index in [1.165, 1.54) is 44.1 Å². The fourth-order valence-electron chi connectivity index (χ4n) is 1.66. The number of hydrogen-bond acceptors (Lipinski definition) is 5. The molecule has 1 aliphatic rings. The lowest BCUT2D eigenvalue weighted by Crippen LogP contribution is -2.34. The Kier molecular flexibility index (Phi) is 4.06. The number of phenolic OH excluding ortho intramolecular Hbond substituents is 1. The van der Waals surface area contributed by atoms with Crippen LogP contribution in [0, 0.1) is 5.82 Å². The Bertz CT molecular complexity index is 515. The summed E-state index contributed by atoms with van der Waals surface area (Å²) in [5.41, 5.74) is 0.0443. The van der Waals surface area contributed by atoms with E-state index in [4.69, 9.17) is 4.84 Å². The number of amides is 1. The summed E-state index contributed by atoms with van der Waals surface area (Å²) >= 11 is 1.24. The lowest BCUT2D eigenvalue weighted by Gasteiger charge is -2.15. The van der Waals surface area contributed by atoms with Gasteiger partial charge in [-0.05, 0) is 12.1 Å². The van der Waals surface area contributed by atoms with Gasteiger partial charge in [-0.25, -0.2) is 9.45 Å². The highest BCUT2D eigenvalue weighted by molar-refractivity contribution is 8.14. The lowest BCUT2D eigenvalue weighted by atomic mass is 10.2. The molecule has 0 aromatic heterocycles. The SMILES string of the molecule is CON(C)C(=O)[C@@H]1CSC(c2c(O)cccc2F)=N1. The van der Waals surface area contributed by atoms with Crippen LogP contribution in [0.4, 0.5) is 4.39 Å². The standard InChI is InChI=1S/C12H13FN2O3S/c1-15(18-2)12(17)8-6-19-11(14-8)10-7(13)4-3-5-9(10)16/h3-5,8,16H,6H2,1-2H3/t8-/m0/s1. The maximum absolute atomic E-state index is 13.7. The van der Waals surface area contributed by atoms with Gasteiger partial charge in [0.15, 0.2) is 0 Å². The summed E-state index contributed by atoms with van der Waals surface area (Å²) in [7, 11) is 2.87. The molecule has 0 saturated heterocycles. The minimum atomic E-state index is -0.621. The van der Waals surface area contributed by atoms with Gasteiger partial charge in [0, 0.05) is 12.8 Å². The molecule has 2 rings (SSSR count). The minimum Gasteiger partial charge on any atom is -0.507 e. The number of aliphatic imine (C=N–C) groups is 1. The predicted molar refractivity (Wildman–Crippen MR) is 70.6 cm³/mol. The second-order valence-electron chi connectivity index (χ2n) is 3.91. The van der Waals surface area contributed by atoms with Gasteiger partial charge in [0.25, 0.3) is 5.91 Å². The molecular formula is C12H13FN2O3S. The fraction of sp³-hybridized carbons (Fsp3) is 0.333. The average molecular weight is 284 g/mol. The predicted octanol–water partition coefficient (Wildman–Crippen LogP) is 1.41. The third-order valence-electron chi connectivity index (χ3n) is 2.73. The van der Waals surface area contributed by atoms with E-state index < -0.39 is 11.9 Å². The van der Waals surface area contributed by atoms with E-state index >= 15 is 0 Å².